The van der Waals surface area contributed by atoms with E-state index < -0.39 is 0 Å². The third-order valence-electron chi connectivity index (χ3n) is 3.37. The van der Waals surface area contributed by atoms with Crippen LogP contribution in [0.3, 0.4) is 0 Å². The van der Waals surface area contributed by atoms with Gasteiger partial charge in [0, 0.05) is 44.3 Å². The Balaban J connectivity index is 2.49. The fraction of sp³-hybridized carbons (Fsp3) is 0.474. The lowest BCUT2D eigenvalue weighted by Crippen LogP contribution is -2.38. The van der Waals surface area contributed by atoms with Gasteiger partial charge in [0.15, 0.2) is 5.96 Å². The third kappa shape index (κ3) is 8.63. The molecule has 25 heavy (non-hydrogen) atoms. The van der Waals surface area contributed by atoms with E-state index in [1.807, 2.05) is 42.1 Å². The van der Waals surface area contributed by atoms with Crippen molar-refractivity contribution < 1.29 is 4.79 Å². The van der Waals surface area contributed by atoms with Crippen LogP contribution in [0.15, 0.2) is 41.9 Å². The normalized spacial score (nSPS) is 11.1. The molecule has 0 saturated carbocycles. The lowest BCUT2D eigenvalue weighted by molar-refractivity contribution is 0.0827. The van der Waals surface area contributed by atoms with Gasteiger partial charge in [0.2, 0.25) is 0 Å². The number of carbonyl (C=O) groups excluding carboxylic acids is 1. The molecule has 1 aromatic carbocycles. The van der Waals surface area contributed by atoms with Crippen molar-refractivity contribution in [2.24, 2.45) is 4.99 Å². The zero-order chi connectivity index (χ0) is 18.5. The molecule has 5 nitrogen and oxygen atoms in total. The fourth-order valence-corrected chi connectivity index (χ4v) is 2.73. The van der Waals surface area contributed by atoms with Gasteiger partial charge < -0.3 is 15.5 Å². The Morgan fingerprint density at radius 1 is 1.36 bits per heavy atom. The molecular formula is C19H30N4OS. The summed E-state index contributed by atoms with van der Waals surface area (Å²) >= 11 is 1.82. The smallest absolute Gasteiger partial charge is 0.253 e. The number of thioether (sulfide) groups is 1. The summed E-state index contributed by atoms with van der Waals surface area (Å²) in [6.07, 6.45) is 2.75. The van der Waals surface area contributed by atoms with Gasteiger partial charge in [-0.2, -0.15) is 11.8 Å². The molecule has 0 unspecified atom stereocenters. The van der Waals surface area contributed by atoms with Crippen molar-refractivity contribution in [1.29, 1.82) is 0 Å². The first-order valence-corrected chi connectivity index (χ1v) is 9.75. The summed E-state index contributed by atoms with van der Waals surface area (Å²) in [5, 5.41) is 6.60. The molecule has 0 atom stereocenters. The minimum Gasteiger partial charge on any atom is -0.357 e. The SMILES string of the molecule is C=CCSCCN=C(NCC)NCCc1cccc(C(=O)N(C)C)c1. The van der Waals surface area contributed by atoms with Crippen molar-refractivity contribution in [3.05, 3.63) is 48.0 Å². The van der Waals surface area contributed by atoms with Crippen LogP contribution in [-0.4, -0.2) is 62.0 Å². The summed E-state index contributed by atoms with van der Waals surface area (Å²) in [4.78, 5) is 18.2. The van der Waals surface area contributed by atoms with E-state index in [-0.39, 0.29) is 5.91 Å². The predicted molar refractivity (Wildman–Crippen MR) is 110 cm³/mol. The molecule has 0 aliphatic carbocycles. The summed E-state index contributed by atoms with van der Waals surface area (Å²) in [5.74, 6) is 2.81. The molecule has 0 saturated heterocycles. The van der Waals surface area contributed by atoms with Crippen LogP contribution < -0.4 is 10.6 Å². The molecule has 0 heterocycles. The average molecular weight is 363 g/mol. The highest BCUT2D eigenvalue weighted by molar-refractivity contribution is 7.99. The van der Waals surface area contributed by atoms with E-state index in [2.05, 4.69) is 29.1 Å². The van der Waals surface area contributed by atoms with E-state index in [0.29, 0.717) is 0 Å². The van der Waals surface area contributed by atoms with E-state index in [0.717, 1.165) is 54.6 Å². The van der Waals surface area contributed by atoms with Crippen molar-refractivity contribution in [3.63, 3.8) is 0 Å². The Hall–Kier alpha value is -1.95. The summed E-state index contributed by atoms with van der Waals surface area (Å²) in [6, 6.07) is 7.79. The van der Waals surface area contributed by atoms with Gasteiger partial charge in [-0.1, -0.05) is 18.2 Å². The van der Waals surface area contributed by atoms with Gasteiger partial charge in [0.1, 0.15) is 0 Å². The van der Waals surface area contributed by atoms with Crippen LogP contribution in [0.4, 0.5) is 0 Å². The molecule has 0 aliphatic heterocycles. The number of nitrogens with one attached hydrogen (secondary N) is 2. The van der Waals surface area contributed by atoms with Crippen LogP contribution in [0.2, 0.25) is 0 Å². The number of nitrogens with zero attached hydrogens (tertiary/aromatic N) is 2. The number of carbonyl (C=O) groups is 1. The molecule has 0 bridgehead atoms. The number of hydrogen-bond acceptors (Lipinski definition) is 3. The Labute approximate surface area is 156 Å². The summed E-state index contributed by atoms with van der Waals surface area (Å²) < 4.78 is 0. The lowest BCUT2D eigenvalue weighted by Gasteiger charge is -2.13. The zero-order valence-electron chi connectivity index (χ0n) is 15.5. The predicted octanol–water partition coefficient (Wildman–Crippen LogP) is 2.41. The standard InChI is InChI=1S/C19H30N4OS/c1-5-13-25-14-12-22-19(20-6-2)21-11-10-16-8-7-9-17(15-16)18(24)23(3)4/h5,7-9,15H,1,6,10-14H2,2-4H3,(H2,20,21,22). The average Bonchev–Trinajstić information content (AvgIpc) is 2.61. The molecular weight excluding hydrogens is 332 g/mol. The van der Waals surface area contributed by atoms with Crippen molar-refractivity contribution in [1.82, 2.24) is 15.5 Å². The largest absolute Gasteiger partial charge is 0.357 e. The van der Waals surface area contributed by atoms with E-state index in [1.54, 1.807) is 19.0 Å². The number of aliphatic imine (C=N–C) groups is 1. The van der Waals surface area contributed by atoms with Gasteiger partial charge in [0.05, 0.1) is 6.54 Å². The first-order chi connectivity index (χ1) is 12.1. The topological polar surface area (TPSA) is 56.7 Å². The second-order valence-electron chi connectivity index (χ2n) is 5.70. The van der Waals surface area contributed by atoms with Gasteiger partial charge in [-0.25, -0.2) is 0 Å². The monoisotopic (exact) mass is 362 g/mol. The molecule has 1 amide bonds. The van der Waals surface area contributed by atoms with Crippen LogP contribution in [0.25, 0.3) is 0 Å². The first-order valence-electron chi connectivity index (χ1n) is 8.59. The highest BCUT2D eigenvalue weighted by Gasteiger charge is 2.08. The minimum atomic E-state index is 0.0294. The number of benzene rings is 1. The maximum Gasteiger partial charge on any atom is 0.253 e. The van der Waals surface area contributed by atoms with Crippen molar-refractivity contribution >= 4 is 23.6 Å². The molecule has 0 fully saturated rings. The maximum atomic E-state index is 12.0. The van der Waals surface area contributed by atoms with Crippen molar-refractivity contribution in [2.75, 3.05) is 45.2 Å². The molecule has 0 aliphatic rings. The highest BCUT2D eigenvalue weighted by atomic mass is 32.2. The van der Waals surface area contributed by atoms with Crippen LogP contribution in [0, 0.1) is 0 Å². The van der Waals surface area contributed by atoms with Gasteiger partial charge in [-0.3, -0.25) is 9.79 Å². The lowest BCUT2D eigenvalue weighted by atomic mass is 10.1. The van der Waals surface area contributed by atoms with Gasteiger partial charge in [0.25, 0.3) is 5.91 Å². The Bertz CT molecular complexity index is 572. The third-order valence-corrected chi connectivity index (χ3v) is 4.31. The number of hydrogen-bond donors (Lipinski definition) is 2. The number of amides is 1. The van der Waals surface area contributed by atoms with E-state index >= 15 is 0 Å². The fourth-order valence-electron chi connectivity index (χ4n) is 2.17. The van der Waals surface area contributed by atoms with Gasteiger partial charge in [-0.05, 0) is 31.0 Å². The quantitative estimate of drug-likeness (QED) is 0.290. The van der Waals surface area contributed by atoms with Crippen molar-refractivity contribution in [3.8, 4) is 0 Å². The van der Waals surface area contributed by atoms with E-state index in [4.69, 9.17) is 0 Å². The first kappa shape index (κ1) is 21.1. The number of guanidine groups is 1. The maximum absolute atomic E-state index is 12.0. The van der Waals surface area contributed by atoms with E-state index in [1.165, 1.54) is 0 Å². The molecule has 0 aromatic heterocycles. The van der Waals surface area contributed by atoms with Crippen LogP contribution in [0.5, 0.6) is 0 Å². The summed E-state index contributed by atoms with van der Waals surface area (Å²) in [6.45, 7) is 8.15. The van der Waals surface area contributed by atoms with Gasteiger partial charge >= 0.3 is 0 Å². The molecule has 6 heteroatoms. The minimum absolute atomic E-state index is 0.0294. The van der Waals surface area contributed by atoms with Crippen LogP contribution in [-0.2, 0) is 6.42 Å². The Kier molecular flexibility index (Phi) is 10.5. The Morgan fingerprint density at radius 3 is 2.84 bits per heavy atom. The molecule has 2 N–H and O–H groups in total. The molecule has 1 rings (SSSR count). The Morgan fingerprint density at radius 2 is 2.16 bits per heavy atom. The van der Waals surface area contributed by atoms with Crippen LogP contribution in [0.1, 0.15) is 22.8 Å². The molecule has 0 radical (unpaired) electrons. The highest BCUT2D eigenvalue weighted by Crippen LogP contribution is 2.07. The molecule has 138 valence electrons. The van der Waals surface area contributed by atoms with Gasteiger partial charge in [-0.15, -0.1) is 6.58 Å². The molecule has 1 aromatic rings. The molecule has 0 spiro atoms. The second-order valence-corrected chi connectivity index (χ2v) is 6.85. The zero-order valence-corrected chi connectivity index (χ0v) is 16.4. The van der Waals surface area contributed by atoms with Crippen molar-refractivity contribution in [2.45, 2.75) is 13.3 Å². The van der Waals surface area contributed by atoms with E-state index in [9.17, 15) is 4.79 Å². The summed E-state index contributed by atoms with van der Waals surface area (Å²) in [5.41, 5.74) is 1.86. The number of rotatable bonds is 10. The second kappa shape index (κ2) is 12.4. The summed E-state index contributed by atoms with van der Waals surface area (Å²) in [7, 11) is 3.53. The van der Waals surface area contributed by atoms with Crippen LogP contribution >= 0.6 is 11.8 Å².